The fraction of sp³-hybridized carbons (Fsp3) is 0.611. The van der Waals surface area contributed by atoms with Crippen LogP contribution in [0, 0.1) is 5.92 Å². The molecule has 3 N–H and O–H groups in total. The van der Waals surface area contributed by atoms with Crippen molar-refractivity contribution >= 4 is 17.6 Å². The van der Waals surface area contributed by atoms with E-state index >= 15 is 0 Å². The summed E-state index contributed by atoms with van der Waals surface area (Å²) in [7, 11) is 0. The molecular formula is C18H25ClN2O2. The number of amides is 2. The monoisotopic (exact) mass is 336 g/mol. The van der Waals surface area contributed by atoms with Crippen LogP contribution in [-0.2, 0) is 5.41 Å². The van der Waals surface area contributed by atoms with Gasteiger partial charge in [0.05, 0.1) is 6.10 Å². The van der Waals surface area contributed by atoms with Crippen molar-refractivity contribution in [1.82, 2.24) is 10.6 Å². The van der Waals surface area contributed by atoms with Crippen molar-refractivity contribution in [1.29, 1.82) is 0 Å². The number of hydrogen-bond donors (Lipinski definition) is 3. The summed E-state index contributed by atoms with van der Waals surface area (Å²) in [5.74, 6) is 0.392. The van der Waals surface area contributed by atoms with Gasteiger partial charge in [0, 0.05) is 23.5 Å². The SMILES string of the molecule is O=C(NCC1CCCC(O)C1)NCC1(c2ccccc2Cl)CC1. The van der Waals surface area contributed by atoms with E-state index in [4.69, 9.17) is 11.6 Å². The van der Waals surface area contributed by atoms with Crippen LogP contribution in [-0.4, -0.2) is 30.3 Å². The first-order valence-corrected chi connectivity index (χ1v) is 8.92. The van der Waals surface area contributed by atoms with Gasteiger partial charge in [0.1, 0.15) is 0 Å². The Hall–Kier alpha value is -1.26. The van der Waals surface area contributed by atoms with Crippen LogP contribution in [0.1, 0.15) is 44.1 Å². The van der Waals surface area contributed by atoms with Gasteiger partial charge in [-0.3, -0.25) is 0 Å². The smallest absolute Gasteiger partial charge is 0.314 e. The second kappa shape index (κ2) is 7.10. The summed E-state index contributed by atoms with van der Waals surface area (Å²) in [4.78, 5) is 12.0. The lowest BCUT2D eigenvalue weighted by Crippen LogP contribution is -2.42. The van der Waals surface area contributed by atoms with E-state index in [-0.39, 0.29) is 17.6 Å². The molecule has 2 fully saturated rings. The second-order valence-corrected chi connectivity index (χ2v) is 7.42. The molecule has 2 unspecified atom stereocenters. The molecule has 2 amide bonds. The Morgan fingerprint density at radius 2 is 2.04 bits per heavy atom. The first-order valence-electron chi connectivity index (χ1n) is 8.54. The molecule has 3 rings (SSSR count). The number of urea groups is 1. The molecule has 0 aliphatic heterocycles. The highest BCUT2D eigenvalue weighted by atomic mass is 35.5. The first kappa shape index (κ1) is 16.6. The lowest BCUT2D eigenvalue weighted by molar-refractivity contribution is 0.101. The fourth-order valence-electron chi connectivity index (χ4n) is 3.58. The van der Waals surface area contributed by atoms with Gasteiger partial charge in [-0.05, 0) is 49.7 Å². The zero-order valence-corrected chi connectivity index (χ0v) is 14.1. The lowest BCUT2D eigenvalue weighted by Gasteiger charge is -2.26. The number of aliphatic hydroxyl groups excluding tert-OH is 1. The molecule has 126 valence electrons. The molecule has 23 heavy (non-hydrogen) atoms. The van der Waals surface area contributed by atoms with E-state index in [1.165, 1.54) is 0 Å². The van der Waals surface area contributed by atoms with E-state index in [1.807, 2.05) is 18.2 Å². The van der Waals surface area contributed by atoms with Gasteiger partial charge in [-0.15, -0.1) is 0 Å². The Morgan fingerprint density at radius 1 is 1.26 bits per heavy atom. The van der Waals surface area contributed by atoms with E-state index in [1.54, 1.807) is 0 Å². The first-order chi connectivity index (χ1) is 11.1. The van der Waals surface area contributed by atoms with Crippen LogP contribution < -0.4 is 10.6 Å². The standard InChI is InChI=1S/C18H25ClN2O2/c19-16-7-2-1-6-15(16)18(8-9-18)12-21-17(23)20-11-13-4-3-5-14(22)10-13/h1-2,6-7,13-14,22H,3-5,8-12H2,(H2,20,21,23). The van der Waals surface area contributed by atoms with Crippen molar-refractivity contribution < 1.29 is 9.90 Å². The van der Waals surface area contributed by atoms with Gasteiger partial charge in [-0.2, -0.15) is 0 Å². The molecule has 1 aromatic rings. The Bertz CT molecular complexity index is 560. The third-order valence-corrected chi connectivity index (χ3v) is 5.52. The number of benzene rings is 1. The molecule has 2 aliphatic rings. The molecule has 0 spiro atoms. The third-order valence-electron chi connectivity index (χ3n) is 5.19. The molecule has 2 saturated carbocycles. The second-order valence-electron chi connectivity index (χ2n) is 7.01. The zero-order chi connectivity index (χ0) is 16.3. The van der Waals surface area contributed by atoms with E-state index in [9.17, 15) is 9.90 Å². The molecule has 0 heterocycles. The van der Waals surface area contributed by atoms with Gasteiger partial charge >= 0.3 is 6.03 Å². The Kier molecular flexibility index (Phi) is 5.12. The highest BCUT2D eigenvalue weighted by Crippen LogP contribution is 2.49. The van der Waals surface area contributed by atoms with Gasteiger partial charge < -0.3 is 15.7 Å². The van der Waals surface area contributed by atoms with Gasteiger partial charge in [0.15, 0.2) is 0 Å². The quantitative estimate of drug-likeness (QED) is 0.773. The van der Waals surface area contributed by atoms with Crippen LogP contribution >= 0.6 is 11.6 Å². The average Bonchev–Trinajstić information content (AvgIpc) is 3.32. The van der Waals surface area contributed by atoms with Crippen LogP contribution in [0.4, 0.5) is 4.79 Å². The maximum absolute atomic E-state index is 12.0. The van der Waals surface area contributed by atoms with E-state index in [0.717, 1.165) is 49.1 Å². The summed E-state index contributed by atoms with van der Waals surface area (Å²) in [5, 5.41) is 16.4. The van der Waals surface area contributed by atoms with Gasteiger partial charge in [0.2, 0.25) is 0 Å². The predicted octanol–water partition coefficient (Wildman–Crippen LogP) is 3.22. The Balaban J connectivity index is 1.45. The molecule has 1 aromatic carbocycles. The number of nitrogens with one attached hydrogen (secondary N) is 2. The van der Waals surface area contributed by atoms with E-state index in [2.05, 4.69) is 16.7 Å². The molecule has 4 nitrogen and oxygen atoms in total. The van der Waals surface area contributed by atoms with Crippen LogP contribution in [0.5, 0.6) is 0 Å². The van der Waals surface area contributed by atoms with Crippen molar-refractivity contribution in [3.8, 4) is 0 Å². The number of aliphatic hydroxyl groups is 1. The number of carbonyl (C=O) groups excluding carboxylic acids is 1. The molecule has 0 saturated heterocycles. The summed E-state index contributed by atoms with van der Waals surface area (Å²) in [6.45, 7) is 1.26. The average molecular weight is 337 g/mol. The highest BCUT2D eigenvalue weighted by Gasteiger charge is 2.45. The van der Waals surface area contributed by atoms with Gasteiger partial charge in [0.25, 0.3) is 0 Å². The summed E-state index contributed by atoms with van der Waals surface area (Å²) < 4.78 is 0. The normalized spacial score (nSPS) is 25.7. The van der Waals surface area contributed by atoms with Crippen LogP contribution in [0.15, 0.2) is 24.3 Å². The minimum atomic E-state index is -0.200. The third kappa shape index (κ3) is 4.18. The molecular weight excluding hydrogens is 312 g/mol. The van der Waals surface area contributed by atoms with Crippen molar-refractivity contribution in [3.63, 3.8) is 0 Å². The van der Waals surface area contributed by atoms with Crippen LogP contribution in [0.25, 0.3) is 0 Å². The Labute approximate surface area is 142 Å². The van der Waals surface area contributed by atoms with Crippen molar-refractivity contribution in [2.75, 3.05) is 13.1 Å². The van der Waals surface area contributed by atoms with Crippen molar-refractivity contribution in [3.05, 3.63) is 34.9 Å². The number of halogens is 1. The van der Waals surface area contributed by atoms with Crippen molar-refractivity contribution in [2.24, 2.45) is 5.92 Å². The van der Waals surface area contributed by atoms with E-state index < -0.39 is 0 Å². The predicted molar refractivity (Wildman–Crippen MR) is 91.7 cm³/mol. The topological polar surface area (TPSA) is 61.4 Å². The summed E-state index contributed by atoms with van der Waals surface area (Å²) in [5.41, 5.74) is 1.15. The lowest BCUT2D eigenvalue weighted by atomic mass is 9.87. The maximum Gasteiger partial charge on any atom is 0.314 e. The summed E-state index contributed by atoms with van der Waals surface area (Å²) in [6.07, 6.45) is 5.74. The molecule has 0 aromatic heterocycles. The largest absolute Gasteiger partial charge is 0.393 e. The molecule has 2 atom stereocenters. The van der Waals surface area contributed by atoms with Gasteiger partial charge in [-0.25, -0.2) is 4.79 Å². The van der Waals surface area contributed by atoms with Crippen LogP contribution in [0.3, 0.4) is 0 Å². The highest BCUT2D eigenvalue weighted by molar-refractivity contribution is 6.31. The van der Waals surface area contributed by atoms with Gasteiger partial charge in [-0.1, -0.05) is 36.2 Å². The number of carbonyl (C=O) groups is 1. The summed E-state index contributed by atoms with van der Waals surface area (Å²) in [6, 6.07) is 7.77. The minimum Gasteiger partial charge on any atom is -0.393 e. The van der Waals surface area contributed by atoms with E-state index in [0.29, 0.717) is 19.0 Å². The summed E-state index contributed by atoms with van der Waals surface area (Å²) >= 11 is 6.29. The van der Waals surface area contributed by atoms with Crippen molar-refractivity contribution in [2.45, 2.75) is 50.0 Å². The zero-order valence-electron chi connectivity index (χ0n) is 13.4. The number of hydrogen-bond acceptors (Lipinski definition) is 2. The Morgan fingerprint density at radius 3 is 2.74 bits per heavy atom. The molecule has 2 aliphatic carbocycles. The molecule has 0 bridgehead atoms. The molecule has 5 heteroatoms. The maximum atomic E-state index is 12.0. The number of rotatable bonds is 5. The fourth-order valence-corrected chi connectivity index (χ4v) is 3.92. The van der Waals surface area contributed by atoms with Crippen LogP contribution in [0.2, 0.25) is 5.02 Å². The minimum absolute atomic E-state index is 0.0106. The molecule has 0 radical (unpaired) electrons.